The summed E-state index contributed by atoms with van der Waals surface area (Å²) in [6.07, 6.45) is 5.07. The lowest BCUT2D eigenvalue weighted by molar-refractivity contribution is 0.624. The van der Waals surface area contributed by atoms with Crippen LogP contribution in [-0.4, -0.2) is 14.5 Å². The standard InChI is InChI=1S/C23H14F2N4/c24-16-3-1-2-14(8-16)12-29-13-15(11-26)19-9-21(25)20(10-22(19)29)17-4-6-27-23-18(17)5-7-28-23/h1-10,13H,12H2,(H,27,28). The van der Waals surface area contributed by atoms with Gasteiger partial charge >= 0.3 is 0 Å². The minimum absolute atomic E-state index is 0.321. The van der Waals surface area contributed by atoms with Crippen molar-refractivity contribution in [3.05, 3.63) is 89.9 Å². The number of aromatic nitrogens is 3. The second-order valence-electron chi connectivity index (χ2n) is 6.86. The van der Waals surface area contributed by atoms with Crippen molar-refractivity contribution in [1.29, 1.82) is 5.26 Å². The lowest BCUT2D eigenvalue weighted by atomic mass is 10.0. The van der Waals surface area contributed by atoms with Crippen molar-refractivity contribution in [3.8, 4) is 17.2 Å². The summed E-state index contributed by atoms with van der Waals surface area (Å²) in [5.41, 5.74) is 3.66. The Bertz CT molecular complexity index is 1420. The van der Waals surface area contributed by atoms with Gasteiger partial charge in [-0.15, -0.1) is 0 Å². The van der Waals surface area contributed by atoms with E-state index in [-0.39, 0.29) is 5.82 Å². The molecule has 0 atom stereocenters. The third-order valence-electron chi connectivity index (χ3n) is 5.08. The van der Waals surface area contributed by atoms with Gasteiger partial charge in [0.25, 0.3) is 0 Å². The third-order valence-corrected chi connectivity index (χ3v) is 5.08. The monoisotopic (exact) mass is 384 g/mol. The molecular weight excluding hydrogens is 370 g/mol. The molecular formula is C23H14F2N4. The van der Waals surface area contributed by atoms with Crippen LogP contribution in [0.4, 0.5) is 8.78 Å². The Kier molecular flexibility index (Phi) is 3.88. The smallest absolute Gasteiger partial charge is 0.137 e. The summed E-state index contributed by atoms with van der Waals surface area (Å²) < 4.78 is 30.5. The first-order valence-corrected chi connectivity index (χ1v) is 9.03. The quantitative estimate of drug-likeness (QED) is 0.454. The van der Waals surface area contributed by atoms with Crippen molar-refractivity contribution in [3.63, 3.8) is 0 Å². The Morgan fingerprint density at radius 1 is 1.03 bits per heavy atom. The van der Waals surface area contributed by atoms with Gasteiger partial charge < -0.3 is 9.55 Å². The molecule has 0 aliphatic rings. The minimum atomic E-state index is -0.411. The van der Waals surface area contributed by atoms with Gasteiger partial charge in [-0.3, -0.25) is 0 Å². The summed E-state index contributed by atoms with van der Waals surface area (Å²) >= 11 is 0. The third kappa shape index (κ3) is 2.84. The number of nitrogens with zero attached hydrogens (tertiary/aromatic N) is 3. The zero-order valence-corrected chi connectivity index (χ0v) is 15.2. The van der Waals surface area contributed by atoms with Crippen molar-refractivity contribution >= 4 is 21.9 Å². The second kappa shape index (κ2) is 6.57. The predicted octanol–water partition coefficient (Wildman–Crippen LogP) is 5.38. The predicted molar refractivity (Wildman–Crippen MR) is 107 cm³/mol. The molecule has 0 aliphatic heterocycles. The molecule has 5 aromatic rings. The van der Waals surface area contributed by atoms with E-state index in [1.165, 1.54) is 18.2 Å². The molecule has 140 valence electrons. The van der Waals surface area contributed by atoms with Crippen LogP contribution in [0.3, 0.4) is 0 Å². The highest BCUT2D eigenvalue weighted by Gasteiger charge is 2.16. The first kappa shape index (κ1) is 17.1. The van der Waals surface area contributed by atoms with E-state index in [9.17, 15) is 9.65 Å². The molecule has 5 rings (SSSR count). The van der Waals surface area contributed by atoms with Gasteiger partial charge in [-0.2, -0.15) is 5.26 Å². The Hall–Kier alpha value is -3.98. The molecule has 29 heavy (non-hydrogen) atoms. The normalized spacial score (nSPS) is 11.2. The van der Waals surface area contributed by atoms with Crippen LogP contribution >= 0.6 is 0 Å². The summed E-state index contributed by atoms with van der Waals surface area (Å²) in [5.74, 6) is -0.732. The number of hydrogen-bond donors (Lipinski definition) is 1. The number of fused-ring (bicyclic) bond motifs is 2. The van der Waals surface area contributed by atoms with Gasteiger partial charge in [0, 0.05) is 41.5 Å². The summed E-state index contributed by atoms with van der Waals surface area (Å²) in [7, 11) is 0. The van der Waals surface area contributed by atoms with E-state index in [2.05, 4.69) is 16.0 Å². The van der Waals surface area contributed by atoms with Gasteiger partial charge in [0.05, 0.1) is 11.1 Å². The molecule has 0 radical (unpaired) electrons. The summed E-state index contributed by atoms with van der Waals surface area (Å²) in [4.78, 5) is 7.29. The molecule has 4 nitrogen and oxygen atoms in total. The SMILES string of the molecule is N#Cc1cn(Cc2cccc(F)c2)c2cc(-c3ccnc4[nH]ccc34)c(F)cc12. The van der Waals surface area contributed by atoms with Gasteiger partial charge in [0.1, 0.15) is 23.4 Å². The average molecular weight is 384 g/mol. The van der Waals surface area contributed by atoms with Crippen molar-refractivity contribution < 1.29 is 8.78 Å². The molecule has 2 aromatic carbocycles. The van der Waals surface area contributed by atoms with Crippen LogP contribution in [0.5, 0.6) is 0 Å². The zero-order chi connectivity index (χ0) is 20.0. The average Bonchev–Trinajstić information content (AvgIpc) is 3.32. The lowest BCUT2D eigenvalue weighted by Crippen LogP contribution is -1.99. The van der Waals surface area contributed by atoms with Crippen LogP contribution in [0.1, 0.15) is 11.1 Å². The van der Waals surface area contributed by atoms with Crippen LogP contribution in [0.25, 0.3) is 33.1 Å². The number of H-pyrrole nitrogens is 1. The van der Waals surface area contributed by atoms with Crippen molar-refractivity contribution in [2.45, 2.75) is 6.54 Å². The number of nitrogens with one attached hydrogen (secondary N) is 1. The van der Waals surface area contributed by atoms with Crippen molar-refractivity contribution in [1.82, 2.24) is 14.5 Å². The second-order valence-corrected chi connectivity index (χ2v) is 6.86. The van der Waals surface area contributed by atoms with E-state index >= 15 is 4.39 Å². The van der Waals surface area contributed by atoms with Crippen LogP contribution in [0.15, 0.2) is 67.1 Å². The van der Waals surface area contributed by atoms with E-state index in [1.807, 2.05) is 16.7 Å². The van der Waals surface area contributed by atoms with Crippen LogP contribution in [-0.2, 0) is 6.54 Å². The van der Waals surface area contributed by atoms with Crippen molar-refractivity contribution in [2.24, 2.45) is 0 Å². The van der Waals surface area contributed by atoms with E-state index in [0.29, 0.717) is 39.8 Å². The zero-order valence-electron chi connectivity index (χ0n) is 15.2. The number of pyridine rings is 1. The molecule has 0 amide bonds. The number of halogens is 2. The highest BCUT2D eigenvalue weighted by Crippen LogP contribution is 2.34. The summed E-state index contributed by atoms with van der Waals surface area (Å²) in [6, 6.07) is 15.2. The molecule has 0 unspecified atom stereocenters. The maximum Gasteiger partial charge on any atom is 0.137 e. The number of benzene rings is 2. The Labute approximate surface area is 164 Å². The van der Waals surface area contributed by atoms with Crippen LogP contribution in [0, 0.1) is 23.0 Å². The maximum absolute atomic E-state index is 15.0. The summed E-state index contributed by atoms with van der Waals surface area (Å²) in [5, 5.41) is 10.8. The minimum Gasteiger partial charge on any atom is -0.346 e. The molecule has 0 saturated carbocycles. The van der Waals surface area contributed by atoms with E-state index in [4.69, 9.17) is 0 Å². The Balaban J connectivity index is 1.72. The highest BCUT2D eigenvalue weighted by atomic mass is 19.1. The fourth-order valence-corrected chi connectivity index (χ4v) is 3.76. The maximum atomic E-state index is 15.0. The fraction of sp³-hybridized carbons (Fsp3) is 0.0435. The van der Waals surface area contributed by atoms with Crippen LogP contribution < -0.4 is 0 Å². The highest BCUT2D eigenvalue weighted by molar-refractivity contribution is 5.97. The molecule has 1 N–H and O–H groups in total. The summed E-state index contributed by atoms with van der Waals surface area (Å²) in [6.45, 7) is 0.372. The van der Waals surface area contributed by atoms with Gasteiger partial charge in [-0.1, -0.05) is 12.1 Å². The van der Waals surface area contributed by atoms with Gasteiger partial charge in [0.2, 0.25) is 0 Å². The molecule has 0 spiro atoms. The number of aromatic amines is 1. The molecule has 0 aliphatic carbocycles. The Morgan fingerprint density at radius 2 is 1.93 bits per heavy atom. The van der Waals surface area contributed by atoms with E-state index < -0.39 is 5.82 Å². The van der Waals surface area contributed by atoms with E-state index in [1.54, 1.807) is 36.8 Å². The lowest BCUT2D eigenvalue weighted by Gasteiger charge is -2.09. The number of nitriles is 1. The van der Waals surface area contributed by atoms with Gasteiger partial charge in [0.15, 0.2) is 0 Å². The van der Waals surface area contributed by atoms with E-state index in [0.717, 1.165) is 10.9 Å². The van der Waals surface area contributed by atoms with Gasteiger partial charge in [-0.25, -0.2) is 13.8 Å². The molecule has 0 fully saturated rings. The first-order chi connectivity index (χ1) is 14.1. The molecule has 3 heterocycles. The number of rotatable bonds is 3. The molecule has 6 heteroatoms. The largest absolute Gasteiger partial charge is 0.346 e. The molecule has 0 bridgehead atoms. The topological polar surface area (TPSA) is 57.4 Å². The molecule has 3 aromatic heterocycles. The fourth-order valence-electron chi connectivity index (χ4n) is 3.76. The van der Waals surface area contributed by atoms with Gasteiger partial charge in [-0.05, 0) is 47.5 Å². The Morgan fingerprint density at radius 3 is 2.76 bits per heavy atom. The van der Waals surface area contributed by atoms with Crippen LogP contribution in [0.2, 0.25) is 0 Å². The first-order valence-electron chi connectivity index (χ1n) is 9.03. The molecule has 0 saturated heterocycles. The number of hydrogen-bond acceptors (Lipinski definition) is 2. The van der Waals surface area contributed by atoms with Crippen molar-refractivity contribution in [2.75, 3.05) is 0 Å².